The summed E-state index contributed by atoms with van der Waals surface area (Å²) in [6.07, 6.45) is -1.71. The molecule has 0 aromatic heterocycles. The van der Waals surface area contributed by atoms with Gasteiger partial charge in [0.05, 0.1) is 5.56 Å². The van der Waals surface area contributed by atoms with Gasteiger partial charge in [-0.05, 0) is 37.5 Å². The number of halogens is 3. The first-order valence-electron chi connectivity index (χ1n) is 5.65. The Hall–Kier alpha value is -1.72. The van der Waals surface area contributed by atoms with Gasteiger partial charge in [-0.25, -0.2) is 0 Å². The third kappa shape index (κ3) is 2.75. The van der Waals surface area contributed by atoms with Crippen molar-refractivity contribution < 1.29 is 18.0 Å². The molecule has 98 valence electrons. The summed E-state index contributed by atoms with van der Waals surface area (Å²) in [4.78, 5) is 11.7. The molecule has 0 aliphatic heterocycles. The second-order valence-electron chi connectivity index (χ2n) is 4.44. The van der Waals surface area contributed by atoms with Crippen molar-refractivity contribution in [2.45, 2.75) is 31.5 Å². The van der Waals surface area contributed by atoms with Gasteiger partial charge in [0, 0.05) is 17.3 Å². The highest BCUT2D eigenvalue weighted by molar-refractivity contribution is 5.95. The second-order valence-corrected chi connectivity index (χ2v) is 4.44. The molecule has 0 saturated heterocycles. The number of rotatable bonds is 2. The summed E-state index contributed by atoms with van der Waals surface area (Å²) in [5.41, 5.74) is 4.38. The summed E-state index contributed by atoms with van der Waals surface area (Å²) in [7, 11) is 0. The van der Waals surface area contributed by atoms with Gasteiger partial charge in [0.15, 0.2) is 0 Å². The van der Waals surface area contributed by atoms with Crippen LogP contribution in [0.4, 0.5) is 18.9 Å². The maximum Gasteiger partial charge on any atom is 0.416 e. The molecule has 1 aromatic carbocycles. The Kier molecular flexibility index (Phi) is 3.19. The molecule has 0 heterocycles. The maximum atomic E-state index is 12.6. The van der Waals surface area contributed by atoms with E-state index >= 15 is 0 Å². The number of nitrogen functional groups attached to an aromatic ring is 1. The van der Waals surface area contributed by atoms with Crippen LogP contribution in [0.3, 0.4) is 0 Å². The van der Waals surface area contributed by atoms with Crippen LogP contribution < -0.4 is 11.1 Å². The van der Waals surface area contributed by atoms with E-state index < -0.39 is 17.6 Å². The predicted octanol–water partition coefficient (Wildman–Crippen LogP) is 2.57. The van der Waals surface area contributed by atoms with Crippen LogP contribution in [0.25, 0.3) is 0 Å². The van der Waals surface area contributed by atoms with Crippen molar-refractivity contribution >= 4 is 11.6 Å². The van der Waals surface area contributed by atoms with E-state index in [1.54, 1.807) is 0 Å². The lowest BCUT2D eigenvalue weighted by Gasteiger charge is -2.26. The standard InChI is InChI=1S/C12H13F3N2O/c13-12(14,15)8-4-7(5-9(16)6-8)11(18)17-10-2-1-3-10/h4-6,10H,1-3,16H2,(H,17,18). The largest absolute Gasteiger partial charge is 0.416 e. The minimum Gasteiger partial charge on any atom is -0.399 e. The first-order chi connectivity index (χ1) is 8.36. The number of amides is 1. The summed E-state index contributed by atoms with van der Waals surface area (Å²) in [5.74, 6) is -0.502. The number of alkyl halides is 3. The van der Waals surface area contributed by atoms with Gasteiger partial charge in [-0.3, -0.25) is 4.79 Å². The lowest BCUT2D eigenvalue weighted by molar-refractivity contribution is -0.137. The topological polar surface area (TPSA) is 55.1 Å². The Morgan fingerprint density at radius 3 is 2.44 bits per heavy atom. The van der Waals surface area contributed by atoms with Gasteiger partial charge in [0.2, 0.25) is 0 Å². The number of carbonyl (C=O) groups is 1. The Bertz CT molecular complexity index is 467. The van der Waals surface area contributed by atoms with Gasteiger partial charge in [0.1, 0.15) is 0 Å². The monoisotopic (exact) mass is 258 g/mol. The Morgan fingerprint density at radius 1 is 1.28 bits per heavy atom. The molecule has 3 N–H and O–H groups in total. The normalized spacial score (nSPS) is 16.2. The molecular weight excluding hydrogens is 245 g/mol. The first-order valence-corrected chi connectivity index (χ1v) is 5.65. The molecule has 6 heteroatoms. The quantitative estimate of drug-likeness (QED) is 0.801. The van der Waals surface area contributed by atoms with E-state index in [1.807, 2.05) is 0 Å². The van der Waals surface area contributed by atoms with Crippen molar-refractivity contribution in [3.05, 3.63) is 29.3 Å². The van der Waals surface area contributed by atoms with Gasteiger partial charge in [0.25, 0.3) is 5.91 Å². The van der Waals surface area contributed by atoms with Crippen molar-refractivity contribution in [2.24, 2.45) is 0 Å². The molecule has 1 aromatic rings. The number of anilines is 1. The fraction of sp³-hybridized carbons (Fsp3) is 0.417. The van der Waals surface area contributed by atoms with Crippen molar-refractivity contribution in [1.29, 1.82) is 0 Å². The summed E-state index contributed by atoms with van der Waals surface area (Å²) in [6, 6.07) is 2.97. The van der Waals surface area contributed by atoms with Crippen LogP contribution >= 0.6 is 0 Å². The zero-order valence-corrected chi connectivity index (χ0v) is 9.55. The van der Waals surface area contributed by atoms with Gasteiger partial charge in [-0.1, -0.05) is 0 Å². The van der Waals surface area contributed by atoms with Gasteiger partial charge in [-0.15, -0.1) is 0 Å². The highest BCUT2D eigenvalue weighted by atomic mass is 19.4. The molecule has 18 heavy (non-hydrogen) atoms. The SMILES string of the molecule is Nc1cc(C(=O)NC2CCC2)cc(C(F)(F)F)c1. The van der Waals surface area contributed by atoms with E-state index in [9.17, 15) is 18.0 Å². The van der Waals surface area contributed by atoms with Crippen LogP contribution in [-0.2, 0) is 6.18 Å². The smallest absolute Gasteiger partial charge is 0.399 e. The molecule has 2 rings (SSSR count). The van der Waals surface area contributed by atoms with Crippen molar-refractivity contribution in [1.82, 2.24) is 5.32 Å². The Labute approximate surface area is 102 Å². The third-order valence-electron chi connectivity index (χ3n) is 2.99. The van der Waals surface area contributed by atoms with Crippen molar-refractivity contribution in [3.63, 3.8) is 0 Å². The molecule has 0 radical (unpaired) electrons. The molecule has 1 aliphatic carbocycles. The number of benzene rings is 1. The molecule has 0 unspecified atom stereocenters. The van der Waals surface area contributed by atoms with Crippen LogP contribution in [0.5, 0.6) is 0 Å². The summed E-state index contributed by atoms with van der Waals surface area (Å²) < 4.78 is 37.7. The third-order valence-corrected chi connectivity index (χ3v) is 2.99. The van der Waals surface area contributed by atoms with E-state index in [1.165, 1.54) is 6.07 Å². The highest BCUT2D eigenvalue weighted by Crippen LogP contribution is 2.31. The Morgan fingerprint density at radius 2 is 1.94 bits per heavy atom. The van der Waals surface area contributed by atoms with Gasteiger partial charge < -0.3 is 11.1 Å². The molecule has 3 nitrogen and oxygen atoms in total. The molecule has 1 saturated carbocycles. The van der Waals surface area contributed by atoms with E-state index in [0.29, 0.717) is 0 Å². The van der Waals surface area contributed by atoms with Crippen LogP contribution in [0.1, 0.15) is 35.2 Å². The molecule has 1 aliphatic rings. The van der Waals surface area contributed by atoms with Gasteiger partial charge in [-0.2, -0.15) is 13.2 Å². The summed E-state index contributed by atoms with van der Waals surface area (Å²) >= 11 is 0. The molecular formula is C12H13F3N2O. The van der Waals surface area contributed by atoms with Gasteiger partial charge >= 0.3 is 6.18 Å². The average Bonchev–Trinajstić information content (AvgIpc) is 2.21. The summed E-state index contributed by atoms with van der Waals surface area (Å²) in [5, 5.41) is 2.68. The lowest BCUT2D eigenvalue weighted by atomic mass is 9.93. The molecule has 0 atom stereocenters. The number of hydrogen-bond donors (Lipinski definition) is 2. The highest BCUT2D eigenvalue weighted by Gasteiger charge is 2.32. The average molecular weight is 258 g/mol. The molecule has 1 amide bonds. The van der Waals surface area contributed by atoms with E-state index in [0.717, 1.165) is 31.4 Å². The number of hydrogen-bond acceptors (Lipinski definition) is 2. The van der Waals surface area contributed by atoms with Crippen LogP contribution in [0, 0.1) is 0 Å². The lowest BCUT2D eigenvalue weighted by Crippen LogP contribution is -2.39. The zero-order chi connectivity index (χ0) is 13.3. The minimum absolute atomic E-state index is 0.0470. The minimum atomic E-state index is -4.50. The van der Waals surface area contributed by atoms with Crippen molar-refractivity contribution in [3.8, 4) is 0 Å². The van der Waals surface area contributed by atoms with Crippen LogP contribution in [0.2, 0.25) is 0 Å². The number of nitrogens with two attached hydrogens (primary N) is 1. The predicted molar refractivity (Wildman–Crippen MR) is 61.0 cm³/mol. The molecule has 0 bridgehead atoms. The molecule has 0 spiro atoms. The number of carbonyl (C=O) groups excluding carboxylic acids is 1. The zero-order valence-electron chi connectivity index (χ0n) is 9.55. The van der Waals surface area contributed by atoms with E-state index in [-0.39, 0.29) is 17.3 Å². The second kappa shape index (κ2) is 4.51. The fourth-order valence-corrected chi connectivity index (χ4v) is 1.77. The Balaban J connectivity index is 2.21. The van der Waals surface area contributed by atoms with E-state index in [4.69, 9.17) is 5.73 Å². The number of nitrogens with one attached hydrogen (secondary N) is 1. The molecule has 1 fully saturated rings. The first kappa shape index (κ1) is 12.7. The maximum absolute atomic E-state index is 12.6. The summed E-state index contributed by atoms with van der Waals surface area (Å²) in [6.45, 7) is 0. The van der Waals surface area contributed by atoms with Crippen molar-refractivity contribution in [2.75, 3.05) is 5.73 Å². The van der Waals surface area contributed by atoms with E-state index in [2.05, 4.69) is 5.32 Å². The fourth-order valence-electron chi connectivity index (χ4n) is 1.77. The van der Waals surface area contributed by atoms with Crippen LogP contribution in [0.15, 0.2) is 18.2 Å². The van der Waals surface area contributed by atoms with Crippen LogP contribution in [-0.4, -0.2) is 11.9 Å².